The smallest absolute Gasteiger partial charge is 0.296 e. The highest BCUT2D eigenvalue weighted by atomic mass is 32.2. The SMILES string of the molecule is CCN1c2c(cccc2S(=O)(=O)O)SC1N=NC1Sc2cccc(S(=O)(=O)O)c2N1CC. The molecule has 2 aromatic carbocycles. The van der Waals surface area contributed by atoms with Gasteiger partial charge in [-0.15, -0.1) is 0 Å². The lowest BCUT2D eigenvalue weighted by Crippen LogP contribution is -2.31. The Balaban J connectivity index is 1.65. The number of hydrogen-bond acceptors (Lipinski definition) is 10. The molecule has 2 aromatic rings. The van der Waals surface area contributed by atoms with Crippen molar-refractivity contribution in [2.45, 2.75) is 44.4 Å². The average Bonchev–Trinajstić information content (AvgIpc) is 3.27. The summed E-state index contributed by atoms with van der Waals surface area (Å²) < 4.78 is 66.6. The van der Waals surface area contributed by atoms with E-state index < -0.39 is 31.2 Å². The fourth-order valence-corrected chi connectivity index (χ4v) is 7.65. The number of azo groups is 1. The highest BCUT2D eigenvalue weighted by molar-refractivity contribution is 8.01. The maximum Gasteiger partial charge on any atom is 0.296 e. The maximum absolute atomic E-state index is 11.8. The molecule has 2 N–H and O–H groups in total. The van der Waals surface area contributed by atoms with Gasteiger partial charge >= 0.3 is 0 Å². The van der Waals surface area contributed by atoms with Crippen LogP contribution in [0.3, 0.4) is 0 Å². The van der Waals surface area contributed by atoms with Crippen LogP contribution in [-0.2, 0) is 20.2 Å². The second-order valence-electron chi connectivity index (χ2n) is 6.85. The summed E-state index contributed by atoms with van der Waals surface area (Å²) >= 11 is 2.62. The van der Waals surface area contributed by atoms with Gasteiger partial charge in [0, 0.05) is 22.9 Å². The predicted molar refractivity (Wildman–Crippen MR) is 123 cm³/mol. The zero-order chi connectivity index (χ0) is 23.3. The van der Waals surface area contributed by atoms with Crippen molar-refractivity contribution in [1.29, 1.82) is 0 Å². The van der Waals surface area contributed by atoms with Crippen molar-refractivity contribution >= 4 is 55.1 Å². The molecule has 14 heteroatoms. The lowest BCUT2D eigenvalue weighted by Gasteiger charge is -2.24. The van der Waals surface area contributed by atoms with Crippen molar-refractivity contribution < 1.29 is 25.9 Å². The van der Waals surface area contributed by atoms with Crippen molar-refractivity contribution in [3.63, 3.8) is 0 Å². The molecule has 2 aliphatic heterocycles. The van der Waals surface area contributed by atoms with Gasteiger partial charge in [-0.1, -0.05) is 35.7 Å². The standard InChI is InChI=1S/C18H20N4O6S4/c1-3-21-15-11(7-5-9-13(15)31(23,24)25)29-17(21)19-20-18-22(4-2)16-12(30-18)8-6-10-14(16)32(26,27)28/h5-10,17-18H,3-4H2,1-2H3,(H,23,24,25)(H,26,27,28). The lowest BCUT2D eigenvalue weighted by molar-refractivity contribution is 0.480. The molecular formula is C18H20N4O6S4. The summed E-state index contributed by atoms with van der Waals surface area (Å²) in [6.45, 7) is 4.54. The van der Waals surface area contributed by atoms with E-state index in [0.717, 1.165) is 0 Å². The van der Waals surface area contributed by atoms with Crippen LogP contribution in [0.25, 0.3) is 0 Å². The summed E-state index contributed by atoms with van der Waals surface area (Å²) in [6, 6.07) is 9.31. The summed E-state index contributed by atoms with van der Waals surface area (Å²) in [5, 5.41) is 8.86. The topological polar surface area (TPSA) is 140 Å². The van der Waals surface area contributed by atoms with E-state index in [2.05, 4.69) is 10.2 Å². The van der Waals surface area contributed by atoms with Crippen molar-refractivity contribution in [3.05, 3.63) is 36.4 Å². The van der Waals surface area contributed by atoms with Crippen LogP contribution in [0.4, 0.5) is 11.4 Å². The van der Waals surface area contributed by atoms with E-state index in [1.165, 1.54) is 35.7 Å². The van der Waals surface area contributed by atoms with Gasteiger partial charge in [-0.3, -0.25) is 9.11 Å². The minimum Gasteiger partial charge on any atom is -0.338 e. The van der Waals surface area contributed by atoms with Gasteiger partial charge in [0.05, 0.1) is 11.4 Å². The average molecular weight is 517 g/mol. The van der Waals surface area contributed by atoms with Gasteiger partial charge in [-0.2, -0.15) is 27.1 Å². The van der Waals surface area contributed by atoms with Gasteiger partial charge in [0.15, 0.2) is 11.0 Å². The quantitative estimate of drug-likeness (QED) is 0.431. The number of fused-ring (bicyclic) bond motifs is 2. The molecule has 2 atom stereocenters. The molecule has 0 saturated heterocycles. The molecule has 2 aliphatic rings. The molecule has 0 amide bonds. The Morgan fingerprint density at radius 1 is 0.781 bits per heavy atom. The number of nitrogens with zero attached hydrogens (tertiary/aromatic N) is 4. The predicted octanol–water partition coefficient (Wildman–Crippen LogP) is 3.76. The molecule has 0 aromatic heterocycles. The van der Waals surface area contributed by atoms with E-state index >= 15 is 0 Å². The Kier molecular flexibility index (Phi) is 6.19. The van der Waals surface area contributed by atoms with Crippen LogP contribution in [0.2, 0.25) is 0 Å². The fraction of sp³-hybridized carbons (Fsp3) is 0.333. The van der Waals surface area contributed by atoms with Gasteiger partial charge < -0.3 is 9.80 Å². The van der Waals surface area contributed by atoms with Crippen LogP contribution in [-0.4, -0.2) is 50.0 Å². The number of para-hydroxylation sites is 2. The molecule has 172 valence electrons. The molecule has 0 saturated carbocycles. The number of rotatable bonds is 6. The molecular weight excluding hydrogens is 496 g/mol. The van der Waals surface area contributed by atoms with E-state index in [1.807, 2.05) is 13.8 Å². The van der Waals surface area contributed by atoms with Crippen molar-refractivity contribution in [3.8, 4) is 0 Å². The van der Waals surface area contributed by atoms with E-state index in [4.69, 9.17) is 0 Å². The highest BCUT2D eigenvalue weighted by Gasteiger charge is 2.37. The van der Waals surface area contributed by atoms with E-state index in [9.17, 15) is 25.9 Å². The van der Waals surface area contributed by atoms with Crippen LogP contribution in [0.15, 0.2) is 66.2 Å². The zero-order valence-electron chi connectivity index (χ0n) is 17.0. The lowest BCUT2D eigenvalue weighted by atomic mass is 10.3. The summed E-state index contributed by atoms with van der Waals surface area (Å²) in [7, 11) is -8.83. The van der Waals surface area contributed by atoms with E-state index in [-0.39, 0.29) is 9.79 Å². The Morgan fingerprint density at radius 3 is 1.47 bits per heavy atom. The first kappa shape index (κ1) is 23.3. The molecule has 2 unspecified atom stereocenters. The van der Waals surface area contributed by atoms with Crippen LogP contribution >= 0.6 is 23.5 Å². The van der Waals surface area contributed by atoms with Gasteiger partial charge in [0.1, 0.15) is 9.79 Å². The second-order valence-corrected chi connectivity index (χ2v) is 11.8. The number of hydrogen-bond donors (Lipinski definition) is 2. The zero-order valence-corrected chi connectivity index (χ0v) is 20.2. The molecule has 10 nitrogen and oxygen atoms in total. The van der Waals surface area contributed by atoms with E-state index in [1.54, 1.807) is 34.1 Å². The van der Waals surface area contributed by atoms with Crippen LogP contribution in [0.1, 0.15) is 13.8 Å². The van der Waals surface area contributed by atoms with Gasteiger partial charge in [0.25, 0.3) is 20.2 Å². The summed E-state index contributed by atoms with van der Waals surface area (Å²) in [4.78, 5) is 4.43. The van der Waals surface area contributed by atoms with Crippen LogP contribution < -0.4 is 9.80 Å². The first-order valence-corrected chi connectivity index (χ1v) is 14.2. The monoisotopic (exact) mass is 516 g/mol. The second kappa shape index (κ2) is 8.50. The molecule has 4 rings (SSSR count). The largest absolute Gasteiger partial charge is 0.338 e. The number of benzene rings is 2. The minimum absolute atomic E-state index is 0.183. The Labute approximate surface area is 194 Å². The normalized spacial score (nSPS) is 20.8. The summed E-state index contributed by atoms with van der Waals surface area (Å²) in [6.07, 6.45) is 0. The summed E-state index contributed by atoms with van der Waals surface area (Å²) in [5.41, 5.74) is -0.339. The fourth-order valence-electron chi connectivity index (χ4n) is 3.67. The number of thioether (sulfide) groups is 2. The van der Waals surface area contributed by atoms with Gasteiger partial charge in [-0.05, 0) is 38.1 Å². The summed E-state index contributed by atoms with van der Waals surface area (Å²) in [5.74, 6) is 0. The molecule has 0 radical (unpaired) electrons. The van der Waals surface area contributed by atoms with Crippen LogP contribution in [0.5, 0.6) is 0 Å². The van der Waals surface area contributed by atoms with Crippen molar-refractivity contribution in [2.75, 3.05) is 22.9 Å². The first-order valence-electron chi connectivity index (χ1n) is 9.53. The third-order valence-corrected chi connectivity index (χ3v) is 9.05. The minimum atomic E-state index is -4.41. The molecule has 0 bridgehead atoms. The number of anilines is 2. The molecule has 0 aliphatic carbocycles. The highest BCUT2D eigenvalue weighted by Crippen LogP contribution is 2.49. The Bertz CT molecular complexity index is 1200. The third kappa shape index (κ3) is 4.10. The van der Waals surface area contributed by atoms with Gasteiger partial charge in [0.2, 0.25) is 0 Å². The van der Waals surface area contributed by atoms with Gasteiger partial charge in [-0.25, -0.2) is 0 Å². The molecule has 2 heterocycles. The van der Waals surface area contributed by atoms with Crippen molar-refractivity contribution in [1.82, 2.24) is 0 Å². The van der Waals surface area contributed by atoms with Crippen molar-refractivity contribution in [2.24, 2.45) is 10.2 Å². The first-order chi connectivity index (χ1) is 15.1. The Hall–Kier alpha value is -1.84. The Morgan fingerprint density at radius 2 is 1.16 bits per heavy atom. The van der Waals surface area contributed by atoms with Crippen LogP contribution in [0, 0.1) is 0 Å². The molecule has 0 fully saturated rings. The molecule has 32 heavy (non-hydrogen) atoms. The maximum atomic E-state index is 11.8. The van der Waals surface area contributed by atoms with E-state index in [0.29, 0.717) is 34.3 Å². The molecule has 0 spiro atoms. The third-order valence-electron chi connectivity index (χ3n) is 5.00.